The van der Waals surface area contributed by atoms with Crippen molar-refractivity contribution >= 4 is 6.03 Å². The van der Waals surface area contributed by atoms with E-state index in [0.717, 1.165) is 19.4 Å². The number of urea groups is 1. The molecule has 3 nitrogen and oxygen atoms in total. The van der Waals surface area contributed by atoms with Crippen molar-refractivity contribution in [3.05, 3.63) is 12.7 Å². The molecular weight excluding hydrogens is 140 g/mol. The smallest absolute Gasteiger partial charge is 0.315 e. The summed E-state index contributed by atoms with van der Waals surface area (Å²) in [5.41, 5.74) is 0. The summed E-state index contributed by atoms with van der Waals surface area (Å²) < 4.78 is 0. The molecule has 0 spiro atoms. The fraction of sp³-hybridized carbons (Fsp3) is 0.625. The molecule has 0 saturated carbocycles. The number of hydrogen-bond donors (Lipinski definition) is 2. The number of rotatable bonds is 5. The monoisotopic (exact) mass is 156 g/mol. The van der Waals surface area contributed by atoms with Gasteiger partial charge in [-0.1, -0.05) is 19.4 Å². The fourth-order valence-electron chi connectivity index (χ4n) is 0.606. The lowest BCUT2D eigenvalue weighted by Gasteiger charge is -2.03. The zero-order valence-corrected chi connectivity index (χ0v) is 7.02. The predicted octanol–water partition coefficient (Wildman–Crippen LogP) is 1.27. The van der Waals surface area contributed by atoms with Gasteiger partial charge in [-0.25, -0.2) is 4.79 Å². The van der Waals surface area contributed by atoms with Crippen LogP contribution in [0.5, 0.6) is 0 Å². The maximum Gasteiger partial charge on any atom is 0.315 e. The van der Waals surface area contributed by atoms with Gasteiger partial charge >= 0.3 is 6.03 Å². The van der Waals surface area contributed by atoms with E-state index in [1.165, 1.54) is 0 Å². The van der Waals surface area contributed by atoms with Crippen molar-refractivity contribution in [2.75, 3.05) is 13.1 Å². The minimum atomic E-state index is -0.113. The summed E-state index contributed by atoms with van der Waals surface area (Å²) in [7, 11) is 0. The molecule has 3 heteroatoms. The van der Waals surface area contributed by atoms with Crippen molar-refractivity contribution in [1.29, 1.82) is 0 Å². The van der Waals surface area contributed by atoms with Gasteiger partial charge in [-0.05, 0) is 6.42 Å². The van der Waals surface area contributed by atoms with Crippen LogP contribution in [0, 0.1) is 0 Å². The van der Waals surface area contributed by atoms with Gasteiger partial charge in [0.05, 0.1) is 0 Å². The fourth-order valence-corrected chi connectivity index (χ4v) is 0.606. The van der Waals surface area contributed by atoms with Gasteiger partial charge in [0, 0.05) is 13.1 Å². The summed E-state index contributed by atoms with van der Waals surface area (Å²) in [4.78, 5) is 10.8. The molecule has 0 aliphatic heterocycles. The third-order valence-corrected chi connectivity index (χ3v) is 1.22. The molecule has 64 valence electrons. The second-order valence-electron chi connectivity index (χ2n) is 2.28. The summed E-state index contributed by atoms with van der Waals surface area (Å²) in [5.74, 6) is 0. The zero-order valence-electron chi connectivity index (χ0n) is 7.02. The van der Waals surface area contributed by atoms with Crippen LogP contribution in [0.25, 0.3) is 0 Å². The highest BCUT2D eigenvalue weighted by atomic mass is 16.2. The van der Waals surface area contributed by atoms with Gasteiger partial charge in [0.15, 0.2) is 0 Å². The molecular formula is C8H16N2O. The van der Waals surface area contributed by atoms with Crippen molar-refractivity contribution in [3.8, 4) is 0 Å². The number of carbonyl (C=O) groups excluding carboxylic acids is 1. The molecule has 0 atom stereocenters. The molecule has 0 unspecified atom stereocenters. The Morgan fingerprint density at radius 1 is 1.55 bits per heavy atom. The predicted molar refractivity (Wildman–Crippen MR) is 46.5 cm³/mol. The standard InChI is InChI=1S/C8H16N2O/c1-3-5-7-10-8(11)9-6-4-2/h4H,2-3,5-7H2,1H3,(H2,9,10,11). The summed E-state index contributed by atoms with van der Waals surface area (Å²) in [6, 6.07) is -0.113. The van der Waals surface area contributed by atoms with Crippen LogP contribution in [-0.2, 0) is 0 Å². The lowest BCUT2D eigenvalue weighted by molar-refractivity contribution is 0.242. The van der Waals surface area contributed by atoms with Crippen LogP contribution in [0.2, 0.25) is 0 Å². The van der Waals surface area contributed by atoms with Gasteiger partial charge in [0.2, 0.25) is 0 Å². The van der Waals surface area contributed by atoms with E-state index in [9.17, 15) is 4.79 Å². The zero-order chi connectivity index (χ0) is 8.53. The highest BCUT2D eigenvalue weighted by Gasteiger charge is 1.93. The number of hydrogen-bond acceptors (Lipinski definition) is 1. The molecule has 0 fully saturated rings. The summed E-state index contributed by atoms with van der Waals surface area (Å²) in [6.45, 7) is 6.85. The minimum Gasteiger partial charge on any atom is -0.338 e. The Bertz CT molecular complexity index is 123. The maximum atomic E-state index is 10.8. The lowest BCUT2D eigenvalue weighted by Crippen LogP contribution is -2.35. The highest BCUT2D eigenvalue weighted by Crippen LogP contribution is 1.81. The Morgan fingerprint density at radius 3 is 2.82 bits per heavy atom. The first kappa shape index (κ1) is 10.0. The van der Waals surface area contributed by atoms with E-state index in [0.29, 0.717) is 6.54 Å². The van der Waals surface area contributed by atoms with E-state index in [2.05, 4.69) is 24.1 Å². The average molecular weight is 156 g/mol. The Labute approximate surface area is 67.9 Å². The minimum absolute atomic E-state index is 0.113. The van der Waals surface area contributed by atoms with E-state index < -0.39 is 0 Å². The molecule has 11 heavy (non-hydrogen) atoms. The molecule has 0 aliphatic carbocycles. The number of carbonyl (C=O) groups is 1. The summed E-state index contributed by atoms with van der Waals surface area (Å²) in [5, 5.41) is 5.34. The van der Waals surface area contributed by atoms with Crippen molar-refractivity contribution < 1.29 is 4.79 Å². The third kappa shape index (κ3) is 6.90. The van der Waals surface area contributed by atoms with E-state index >= 15 is 0 Å². The molecule has 0 aromatic carbocycles. The van der Waals surface area contributed by atoms with E-state index in [4.69, 9.17) is 0 Å². The molecule has 0 rings (SSSR count). The van der Waals surface area contributed by atoms with Crippen LogP contribution in [0.1, 0.15) is 19.8 Å². The molecule has 0 radical (unpaired) electrons. The molecule has 0 aromatic rings. The topological polar surface area (TPSA) is 41.1 Å². The number of amides is 2. The lowest BCUT2D eigenvalue weighted by atomic mass is 10.3. The highest BCUT2D eigenvalue weighted by molar-refractivity contribution is 5.73. The summed E-state index contributed by atoms with van der Waals surface area (Å²) in [6.07, 6.45) is 3.78. The third-order valence-electron chi connectivity index (χ3n) is 1.22. The molecule has 0 heterocycles. The molecule has 2 amide bonds. The van der Waals surface area contributed by atoms with Gasteiger partial charge in [-0.2, -0.15) is 0 Å². The quantitative estimate of drug-likeness (QED) is 0.457. The van der Waals surface area contributed by atoms with Crippen LogP contribution in [0.4, 0.5) is 4.79 Å². The molecule has 0 aliphatic rings. The average Bonchev–Trinajstić information content (AvgIpc) is 2.01. The summed E-state index contributed by atoms with van der Waals surface area (Å²) >= 11 is 0. The van der Waals surface area contributed by atoms with Gasteiger partial charge in [0.25, 0.3) is 0 Å². The van der Waals surface area contributed by atoms with Crippen molar-refractivity contribution in [1.82, 2.24) is 10.6 Å². The van der Waals surface area contributed by atoms with Gasteiger partial charge in [0.1, 0.15) is 0 Å². The van der Waals surface area contributed by atoms with Crippen molar-refractivity contribution in [3.63, 3.8) is 0 Å². The van der Waals surface area contributed by atoms with Gasteiger partial charge in [-0.15, -0.1) is 6.58 Å². The maximum absolute atomic E-state index is 10.8. The Morgan fingerprint density at radius 2 is 2.27 bits per heavy atom. The molecule has 2 N–H and O–H groups in total. The van der Waals surface area contributed by atoms with Crippen LogP contribution in [0.15, 0.2) is 12.7 Å². The van der Waals surface area contributed by atoms with Crippen molar-refractivity contribution in [2.24, 2.45) is 0 Å². The second kappa shape index (κ2) is 7.12. The van der Waals surface area contributed by atoms with Crippen LogP contribution >= 0.6 is 0 Å². The SMILES string of the molecule is C=CCNC(=O)NCCCC. The Hall–Kier alpha value is -0.990. The first-order valence-corrected chi connectivity index (χ1v) is 3.93. The van der Waals surface area contributed by atoms with Crippen molar-refractivity contribution in [2.45, 2.75) is 19.8 Å². The molecule has 0 bridgehead atoms. The first-order chi connectivity index (χ1) is 5.31. The molecule has 0 saturated heterocycles. The normalized spacial score (nSPS) is 8.82. The van der Waals surface area contributed by atoms with Gasteiger partial charge in [-0.3, -0.25) is 0 Å². The van der Waals surface area contributed by atoms with Crippen LogP contribution in [0.3, 0.4) is 0 Å². The van der Waals surface area contributed by atoms with Crippen LogP contribution < -0.4 is 10.6 Å². The van der Waals surface area contributed by atoms with E-state index in [-0.39, 0.29) is 6.03 Å². The largest absolute Gasteiger partial charge is 0.338 e. The van der Waals surface area contributed by atoms with E-state index in [1.807, 2.05) is 0 Å². The van der Waals surface area contributed by atoms with Gasteiger partial charge < -0.3 is 10.6 Å². The first-order valence-electron chi connectivity index (χ1n) is 3.93. The van der Waals surface area contributed by atoms with E-state index in [1.54, 1.807) is 6.08 Å². The van der Waals surface area contributed by atoms with Crippen LogP contribution in [-0.4, -0.2) is 19.1 Å². The number of unbranched alkanes of at least 4 members (excludes halogenated alkanes) is 1. The molecule has 0 aromatic heterocycles. The second-order valence-corrected chi connectivity index (χ2v) is 2.28. The number of nitrogens with one attached hydrogen (secondary N) is 2. The Balaban J connectivity index is 3.15. The Kier molecular flexibility index (Phi) is 6.48.